The average Bonchev–Trinajstić information content (AvgIpc) is 2.85. The minimum atomic E-state index is -0.848. The van der Waals surface area contributed by atoms with E-state index in [0.717, 1.165) is 6.07 Å². The van der Waals surface area contributed by atoms with Crippen molar-refractivity contribution < 1.29 is 19.2 Å². The van der Waals surface area contributed by atoms with E-state index in [1.807, 2.05) is 13.8 Å². The maximum Gasteiger partial charge on any atom is 0.341 e. The van der Waals surface area contributed by atoms with Gasteiger partial charge in [0.15, 0.2) is 5.49 Å². The van der Waals surface area contributed by atoms with Crippen LogP contribution in [0.15, 0.2) is 58.4 Å². The molecule has 0 atom stereocenters. The molecule has 0 saturated heterocycles. The molecule has 0 fully saturated rings. The smallest absolute Gasteiger partial charge is 0.341 e. The number of benzene rings is 1. The highest BCUT2D eigenvalue weighted by molar-refractivity contribution is 6.32. The van der Waals surface area contributed by atoms with Crippen molar-refractivity contribution in [3.63, 3.8) is 0 Å². The third kappa shape index (κ3) is 4.98. The summed E-state index contributed by atoms with van der Waals surface area (Å²) in [5.74, 6) is -1.63. The number of nitro benzene ring substituents is 1. The van der Waals surface area contributed by atoms with Gasteiger partial charge in [-0.2, -0.15) is 4.99 Å². The third-order valence-corrected chi connectivity index (χ3v) is 5.75. The molecular weight excluding hydrogens is 502 g/mol. The molecular formula is C25H22ClN5O6. The lowest BCUT2D eigenvalue weighted by molar-refractivity contribution is -0.384. The van der Waals surface area contributed by atoms with Crippen molar-refractivity contribution in [2.24, 2.45) is 10.9 Å². The predicted octanol–water partition coefficient (Wildman–Crippen LogP) is 3.78. The Morgan fingerprint density at radius 2 is 1.97 bits per heavy atom. The van der Waals surface area contributed by atoms with Gasteiger partial charge in [0, 0.05) is 24.4 Å². The van der Waals surface area contributed by atoms with Crippen LogP contribution < -0.4 is 11.0 Å². The fourth-order valence-electron chi connectivity index (χ4n) is 3.84. The normalized spacial score (nSPS) is 11.9. The number of ether oxygens (including phenoxy) is 1. The zero-order chi connectivity index (χ0) is 26.9. The van der Waals surface area contributed by atoms with Gasteiger partial charge in [-0.05, 0) is 43.2 Å². The Kier molecular flexibility index (Phi) is 7.16. The molecule has 11 nitrogen and oxygen atoms in total. The van der Waals surface area contributed by atoms with Crippen molar-refractivity contribution in [2.75, 3.05) is 6.61 Å². The van der Waals surface area contributed by atoms with Crippen LogP contribution in [0.4, 0.5) is 5.69 Å². The maximum atomic E-state index is 13.3. The van der Waals surface area contributed by atoms with Gasteiger partial charge in [-0.3, -0.25) is 24.1 Å². The van der Waals surface area contributed by atoms with Crippen molar-refractivity contribution in [2.45, 2.75) is 27.3 Å². The number of nitrogens with zero attached hydrogens (tertiary/aromatic N) is 5. The number of fused-ring (bicyclic) bond motifs is 2. The second-order valence-corrected chi connectivity index (χ2v) is 8.94. The lowest BCUT2D eigenvalue weighted by atomic mass is 10.1. The van der Waals surface area contributed by atoms with Crippen LogP contribution in [0.3, 0.4) is 0 Å². The number of aromatic nitrogens is 3. The number of carbonyl (C=O) groups is 2. The van der Waals surface area contributed by atoms with E-state index in [0.29, 0.717) is 5.65 Å². The molecule has 190 valence electrons. The van der Waals surface area contributed by atoms with Crippen LogP contribution in [0.25, 0.3) is 16.7 Å². The summed E-state index contributed by atoms with van der Waals surface area (Å²) >= 11 is 5.88. The molecule has 0 unspecified atom stereocenters. The number of esters is 1. The number of nitro groups is 1. The van der Waals surface area contributed by atoms with Crippen molar-refractivity contribution in [3.8, 4) is 0 Å². The average molecular weight is 524 g/mol. The quantitative estimate of drug-likeness (QED) is 0.162. The molecule has 1 aromatic carbocycles. The van der Waals surface area contributed by atoms with E-state index >= 15 is 0 Å². The van der Waals surface area contributed by atoms with Crippen LogP contribution in [0, 0.1) is 16.0 Å². The number of pyridine rings is 2. The van der Waals surface area contributed by atoms with Gasteiger partial charge < -0.3 is 9.30 Å². The number of hydrogen-bond acceptors (Lipinski definition) is 7. The Balaban J connectivity index is 2.11. The molecule has 0 bridgehead atoms. The zero-order valence-electron chi connectivity index (χ0n) is 20.2. The number of halogens is 1. The number of carbonyl (C=O) groups excluding carboxylic acids is 2. The molecule has 12 heteroatoms. The first kappa shape index (κ1) is 25.7. The van der Waals surface area contributed by atoms with Gasteiger partial charge in [-0.25, -0.2) is 9.78 Å². The van der Waals surface area contributed by atoms with Gasteiger partial charge in [0.1, 0.15) is 21.9 Å². The van der Waals surface area contributed by atoms with Gasteiger partial charge in [0.25, 0.3) is 17.2 Å². The van der Waals surface area contributed by atoms with E-state index in [1.165, 1.54) is 27.2 Å². The molecule has 4 rings (SSSR count). The highest BCUT2D eigenvalue weighted by Gasteiger charge is 2.22. The summed E-state index contributed by atoms with van der Waals surface area (Å²) in [6.45, 7) is 5.76. The summed E-state index contributed by atoms with van der Waals surface area (Å²) in [5, 5.41) is 11.3. The molecule has 1 amide bonds. The maximum absolute atomic E-state index is 13.3. The van der Waals surface area contributed by atoms with E-state index in [2.05, 4.69) is 9.98 Å². The molecule has 3 heterocycles. The Bertz CT molecular complexity index is 1710. The molecule has 0 aliphatic carbocycles. The van der Waals surface area contributed by atoms with Gasteiger partial charge >= 0.3 is 5.97 Å². The zero-order valence-corrected chi connectivity index (χ0v) is 20.9. The summed E-state index contributed by atoms with van der Waals surface area (Å²) in [7, 11) is 0. The van der Waals surface area contributed by atoms with Gasteiger partial charge in [0.2, 0.25) is 0 Å². The molecule has 0 spiro atoms. The SMILES string of the molecule is CCOC(=O)c1cc2c(=O)n3ccccc3nc2n(CC(C)C)c1=NC(=O)c1ccc(Cl)c([N+](=O)[O-])c1. The first-order valence-electron chi connectivity index (χ1n) is 11.4. The van der Waals surface area contributed by atoms with Crippen molar-refractivity contribution >= 4 is 45.8 Å². The summed E-state index contributed by atoms with van der Waals surface area (Å²) in [4.78, 5) is 58.9. The Labute approximate surface area is 214 Å². The molecule has 0 N–H and O–H groups in total. The largest absolute Gasteiger partial charge is 0.462 e. The molecule has 3 aromatic heterocycles. The Morgan fingerprint density at radius 1 is 1.22 bits per heavy atom. The van der Waals surface area contributed by atoms with Gasteiger partial charge in [0.05, 0.1) is 16.9 Å². The first-order valence-corrected chi connectivity index (χ1v) is 11.7. The minimum absolute atomic E-state index is 0.00217. The molecule has 0 aliphatic rings. The van der Waals surface area contributed by atoms with Crippen molar-refractivity contribution in [3.05, 3.63) is 90.8 Å². The van der Waals surface area contributed by atoms with Gasteiger partial charge in [-0.1, -0.05) is 31.5 Å². The van der Waals surface area contributed by atoms with E-state index in [-0.39, 0.29) is 51.7 Å². The summed E-state index contributed by atoms with van der Waals surface area (Å²) in [6.07, 6.45) is 1.57. The molecule has 4 aromatic rings. The number of amides is 1. The standard InChI is InChI=1S/C25H22ClN5O6/c1-4-37-25(34)17-12-16-21(27-20-7-5-6-10-29(20)24(16)33)30(13-14(2)3)22(17)28-23(32)15-8-9-18(26)19(11-15)31(35)36/h5-12,14H,4,13H2,1-3H3. The lowest BCUT2D eigenvalue weighted by Gasteiger charge is -2.16. The number of hydrogen-bond donors (Lipinski definition) is 0. The van der Waals surface area contributed by atoms with Crippen LogP contribution in [0.2, 0.25) is 5.02 Å². The monoisotopic (exact) mass is 523 g/mol. The van der Waals surface area contributed by atoms with Crippen LogP contribution in [-0.4, -0.2) is 37.4 Å². The summed E-state index contributed by atoms with van der Waals surface area (Å²) in [5.41, 5.74) is -0.554. The van der Waals surface area contributed by atoms with Crippen LogP contribution in [-0.2, 0) is 11.3 Å². The van der Waals surface area contributed by atoms with E-state index in [4.69, 9.17) is 16.3 Å². The topological polar surface area (TPSA) is 138 Å². The molecule has 0 radical (unpaired) electrons. The lowest BCUT2D eigenvalue weighted by Crippen LogP contribution is -2.33. The highest BCUT2D eigenvalue weighted by Crippen LogP contribution is 2.25. The molecule has 0 saturated carbocycles. The second-order valence-electron chi connectivity index (χ2n) is 8.53. The van der Waals surface area contributed by atoms with Crippen molar-refractivity contribution in [1.82, 2.24) is 14.0 Å². The van der Waals surface area contributed by atoms with E-state index in [9.17, 15) is 24.5 Å². The fraction of sp³-hybridized carbons (Fsp3) is 0.240. The second kappa shape index (κ2) is 10.3. The van der Waals surface area contributed by atoms with Crippen LogP contribution >= 0.6 is 11.6 Å². The van der Waals surface area contributed by atoms with E-state index in [1.54, 1.807) is 31.3 Å². The fourth-order valence-corrected chi connectivity index (χ4v) is 4.03. The van der Waals surface area contributed by atoms with Gasteiger partial charge in [-0.15, -0.1) is 0 Å². The Hall–Kier alpha value is -4.38. The number of rotatable bonds is 6. The third-order valence-electron chi connectivity index (χ3n) is 5.43. The Morgan fingerprint density at radius 3 is 2.65 bits per heavy atom. The van der Waals surface area contributed by atoms with Crippen LogP contribution in [0.5, 0.6) is 0 Å². The minimum Gasteiger partial charge on any atom is -0.462 e. The molecule has 37 heavy (non-hydrogen) atoms. The molecule has 0 aliphatic heterocycles. The summed E-state index contributed by atoms with van der Waals surface area (Å²) < 4.78 is 8.08. The highest BCUT2D eigenvalue weighted by atomic mass is 35.5. The summed E-state index contributed by atoms with van der Waals surface area (Å²) in [6, 6.07) is 9.94. The van der Waals surface area contributed by atoms with Crippen molar-refractivity contribution in [1.29, 1.82) is 0 Å². The van der Waals surface area contributed by atoms with Crippen LogP contribution in [0.1, 0.15) is 41.5 Å². The van der Waals surface area contributed by atoms with E-state index < -0.39 is 28.0 Å². The first-order chi connectivity index (χ1) is 17.6. The predicted molar refractivity (Wildman–Crippen MR) is 136 cm³/mol.